The van der Waals surface area contributed by atoms with Crippen molar-refractivity contribution in [1.29, 1.82) is 0 Å². The van der Waals surface area contributed by atoms with Gasteiger partial charge in [-0.1, -0.05) is 11.6 Å². The average Bonchev–Trinajstić information content (AvgIpc) is 2.01. The number of halogens is 1. The van der Waals surface area contributed by atoms with E-state index in [-0.39, 0.29) is 17.4 Å². The number of nitrogens with one attached hydrogen (secondary N) is 1. The maximum absolute atomic E-state index is 11.2. The number of nitrogens with two attached hydrogens (primary N) is 1. The van der Waals surface area contributed by atoms with Crippen molar-refractivity contribution >= 4 is 17.3 Å². The van der Waals surface area contributed by atoms with E-state index in [2.05, 4.69) is 4.98 Å². The molecule has 0 bridgehead atoms. The number of aromatic amines is 1. The van der Waals surface area contributed by atoms with Crippen LogP contribution in [-0.4, -0.2) is 9.55 Å². The first-order valence-corrected chi connectivity index (χ1v) is 3.73. The Balaban J connectivity index is 3.64. The van der Waals surface area contributed by atoms with Crippen molar-refractivity contribution in [1.82, 2.24) is 9.55 Å². The highest BCUT2D eigenvalue weighted by Crippen LogP contribution is 2.05. The van der Waals surface area contributed by atoms with Crippen LogP contribution in [0, 0.1) is 0 Å². The second-order valence-corrected chi connectivity index (χ2v) is 2.59. The van der Waals surface area contributed by atoms with Gasteiger partial charge in [0.2, 0.25) is 0 Å². The van der Waals surface area contributed by atoms with Crippen molar-refractivity contribution in [2.24, 2.45) is 0 Å². The molecule has 0 radical (unpaired) electrons. The van der Waals surface area contributed by atoms with Gasteiger partial charge in [-0.2, -0.15) is 0 Å². The number of aromatic nitrogens is 2. The minimum atomic E-state index is -0.550. The summed E-state index contributed by atoms with van der Waals surface area (Å²) in [7, 11) is 0. The first-order chi connectivity index (χ1) is 5.57. The lowest BCUT2D eigenvalue weighted by molar-refractivity contribution is 0.676. The normalized spacial score (nSPS) is 10.2. The Bertz CT molecular complexity index is 406. The molecule has 0 saturated heterocycles. The molecule has 12 heavy (non-hydrogen) atoms. The molecule has 0 aliphatic heterocycles. The van der Waals surface area contributed by atoms with E-state index in [0.717, 1.165) is 4.57 Å². The molecule has 0 aliphatic carbocycles. The van der Waals surface area contributed by atoms with Crippen molar-refractivity contribution in [3.05, 3.63) is 26.0 Å². The number of anilines is 1. The summed E-state index contributed by atoms with van der Waals surface area (Å²) in [6, 6.07) is 0. The van der Waals surface area contributed by atoms with Crippen LogP contribution < -0.4 is 17.0 Å². The van der Waals surface area contributed by atoms with E-state index in [4.69, 9.17) is 17.3 Å². The van der Waals surface area contributed by atoms with E-state index in [1.807, 2.05) is 0 Å². The van der Waals surface area contributed by atoms with E-state index in [0.29, 0.717) is 0 Å². The summed E-state index contributed by atoms with van der Waals surface area (Å²) in [4.78, 5) is 24.4. The number of nitrogens with zero attached hydrogens (tertiary/aromatic N) is 1. The van der Waals surface area contributed by atoms with Gasteiger partial charge >= 0.3 is 5.69 Å². The lowest BCUT2D eigenvalue weighted by Crippen LogP contribution is -2.35. The predicted molar refractivity (Wildman–Crippen MR) is 46.4 cm³/mol. The quantitative estimate of drug-likeness (QED) is 0.600. The Morgan fingerprint density at radius 3 is 2.67 bits per heavy atom. The fourth-order valence-corrected chi connectivity index (χ4v) is 1.01. The number of hydrogen-bond donors (Lipinski definition) is 2. The van der Waals surface area contributed by atoms with Crippen molar-refractivity contribution in [2.75, 3.05) is 5.73 Å². The molecule has 1 heterocycles. The number of H-pyrrole nitrogens is 1. The average molecular weight is 190 g/mol. The number of rotatable bonds is 1. The van der Waals surface area contributed by atoms with E-state index in [1.165, 1.54) is 0 Å². The Hall–Kier alpha value is -1.23. The van der Waals surface area contributed by atoms with Gasteiger partial charge in [-0.15, -0.1) is 0 Å². The fourth-order valence-electron chi connectivity index (χ4n) is 0.847. The molecule has 1 aromatic rings. The maximum atomic E-state index is 11.2. The lowest BCUT2D eigenvalue weighted by atomic mass is 10.5. The van der Waals surface area contributed by atoms with E-state index in [9.17, 15) is 9.59 Å². The van der Waals surface area contributed by atoms with Crippen LogP contribution in [0.15, 0.2) is 9.59 Å². The molecule has 3 N–H and O–H groups in total. The molecule has 5 nitrogen and oxygen atoms in total. The largest absolute Gasteiger partial charge is 0.392 e. The van der Waals surface area contributed by atoms with E-state index >= 15 is 0 Å². The Kier molecular flexibility index (Phi) is 2.23. The smallest absolute Gasteiger partial charge is 0.329 e. The molecule has 0 aromatic carbocycles. The van der Waals surface area contributed by atoms with Crippen molar-refractivity contribution in [2.45, 2.75) is 13.5 Å². The number of hydrogen-bond acceptors (Lipinski definition) is 3. The lowest BCUT2D eigenvalue weighted by Gasteiger charge is -2.01. The summed E-state index contributed by atoms with van der Waals surface area (Å²) in [5.74, 6) is 0. The van der Waals surface area contributed by atoms with Gasteiger partial charge in [0, 0.05) is 6.54 Å². The van der Waals surface area contributed by atoms with Crippen LogP contribution in [0.1, 0.15) is 6.92 Å². The molecule has 0 saturated carbocycles. The summed E-state index contributed by atoms with van der Waals surface area (Å²) in [5.41, 5.74) is 4.08. The maximum Gasteiger partial charge on any atom is 0.329 e. The monoisotopic (exact) mass is 189 g/mol. The molecule has 0 amide bonds. The van der Waals surface area contributed by atoms with Gasteiger partial charge in [0.25, 0.3) is 5.56 Å². The van der Waals surface area contributed by atoms with Crippen LogP contribution in [0.4, 0.5) is 5.69 Å². The highest BCUT2D eigenvalue weighted by molar-refractivity contribution is 6.31. The summed E-state index contributed by atoms with van der Waals surface area (Å²) in [5, 5.41) is -0.102. The van der Waals surface area contributed by atoms with Crippen LogP contribution in [0.3, 0.4) is 0 Å². The minimum Gasteiger partial charge on any atom is -0.392 e. The third kappa shape index (κ3) is 1.23. The second-order valence-electron chi connectivity index (χ2n) is 2.21. The van der Waals surface area contributed by atoms with Gasteiger partial charge in [-0.25, -0.2) is 4.79 Å². The molecular formula is C6H8ClN3O2. The summed E-state index contributed by atoms with van der Waals surface area (Å²) < 4.78 is 0.973. The topological polar surface area (TPSA) is 80.9 Å². The zero-order valence-corrected chi connectivity index (χ0v) is 7.18. The molecule has 1 aromatic heterocycles. The van der Waals surface area contributed by atoms with Crippen LogP contribution >= 0.6 is 11.6 Å². The molecule has 1 rings (SSSR count). The van der Waals surface area contributed by atoms with Gasteiger partial charge in [0.1, 0.15) is 10.8 Å². The van der Waals surface area contributed by atoms with Crippen molar-refractivity contribution in [3.63, 3.8) is 0 Å². The molecule has 66 valence electrons. The fraction of sp³-hybridized carbons (Fsp3) is 0.333. The molecule has 0 aliphatic rings. The molecule has 0 unspecified atom stereocenters. The second kappa shape index (κ2) is 3.02. The summed E-state index contributed by atoms with van der Waals surface area (Å²) >= 11 is 5.45. The molecule has 0 spiro atoms. The highest BCUT2D eigenvalue weighted by atomic mass is 35.5. The first kappa shape index (κ1) is 8.86. The van der Waals surface area contributed by atoms with Gasteiger partial charge in [0.15, 0.2) is 0 Å². The minimum absolute atomic E-state index is 0.102. The summed E-state index contributed by atoms with van der Waals surface area (Å²) in [6.45, 7) is 1.94. The molecule has 0 atom stereocenters. The Morgan fingerprint density at radius 1 is 1.58 bits per heavy atom. The number of nitrogen functional groups attached to an aromatic ring is 1. The van der Waals surface area contributed by atoms with E-state index < -0.39 is 11.2 Å². The molecule has 0 fully saturated rings. The third-order valence-electron chi connectivity index (χ3n) is 1.49. The van der Waals surface area contributed by atoms with Gasteiger partial charge in [0.05, 0.1) is 0 Å². The standard InChI is InChI=1S/C6H8ClN3O2/c1-2-10-5(11)3(8)4(7)9-6(10)12/h2,8H2,1H3,(H,9,12). The van der Waals surface area contributed by atoms with Crippen LogP contribution in [-0.2, 0) is 6.54 Å². The third-order valence-corrected chi connectivity index (χ3v) is 1.79. The predicted octanol–water partition coefficient (Wildman–Crippen LogP) is -0.208. The first-order valence-electron chi connectivity index (χ1n) is 3.36. The van der Waals surface area contributed by atoms with Crippen LogP contribution in [0.5, 0.6) is 0 Å². The Morgan fingerprint density at radius 2 is 2.17 bits per heavy atom. The van der Waals surface area contributed by atoms with Crippen molar-refractivity contribution in [3.8, 4) is 0 Å². The van der Waals surface area contributed by atoms with Crippen LogP contribution in [0.2, 0.25) is 5.15 Å². The van der Waals surface area contributed by atoms with Crippen molar-refractivity contribution < 1.29 is 0 Å². The van der Waals surface area contributed by atoms with Gasteiger partial charge in [-0.3, -0.25) is 14.3 Å². The zero-order valence-electron chi connectivity index (χ0n) is 6.43. The molecular weight excluding hydrogens is 182 g/mol. The van der Waals surface area contributed by atoms with Gasteiger partial charge < -0.3 is 5.73 Å². The zero-order chi connectivity index (χ0) is 9.30. The molecule has 6 heteroatoms. The highest BCUT2D eigenvalue weighted by Gasteiger charge is 2.06. The SMILES string of the molecule is CCn1c(=O)[nH]c(Cl)c(N)c1=O. The van der Waals surface area contributed by atoms with E-state index in [1.54, 1.807) is 6.92 Å². The van der Waals surface area contributed by atoms with Crippen LogP contribution in [0.25, 0.3) is 0 Å². The Labute approximate surface area is 72.8 Å². The summed E-state index contributed by atoms with van der Waals surface area (Å²) in [6.07, 6.45) is 0. The van der Waals surface area contributed by atoms with Gasteiger partial charge in [-0.05, 0) is 6.92 Å².